The normalized spacial score (nSPS) is 16.7. The Bertz CT molecular complexity index is 655. The molecule has 142 valence electrons. The first-order valence-electron chi connectivity index (χ1n) is 9.00. The van der Waals surface area contributed by atoms with E-state index in [1.807, 2.05) is 24.3 Å². The summed E-state index contributed by atoms with van der Waals surface area (Å²) in [5.74, 6) is 1.63. The molecule has 0 saturated heterocycles. The predicted molar refractivity (Wildman–Crippen MR) is 116 cm³/mol. The van der Waals surface area contributed by atoms with E-state index in [1.165, 1.54) is 0 Å². The minimum Gasteiger partial charge on any atom is -0.482 e. The smallest absolute Gasteiger partial charge is 0.265 e. The Labute approximate surface area is 172 Å². The van der Waals surface area contributed by atoms with Crippen molar-refractivity contribution in [1.82, 2.24) is 10.6 Å². The third-order valence-corrected chi connectivity index (χ3v) is 4.31. The molecule has 0 aromatic heterocycles. The summed E-state index contributed by atoms with van der Waals surface area (Å²) in [4.78, 5) is 18.6. The van der Waals surface area contributed by atoms with Crippen LogP contribution >= 0.6 is 24.0 Å². The average Bonchev–Trinajstić information content (AvgIpc) is 3.13. The lowest BCUT2D eigenvalue weighted by Crippen LogP contribution is -2.42. The minimum atomic E-state index is 0. The van der Waals surface area contributed by atoms with E-state index in [9.17, 15) is 4.79 Å². The second-order valence-electron chi connectivity index (χ2n) is 6.20. The zero-order chi connectivity index (χ0) is 17.5. The molecule has 2 N–H and O–H groups in total. The first-order chi connectivity index (χ1) is 12.3. The first-order valence-corrected chi connectivity index (χ1v) is 9.00. The number of para-hydroxylation sites is 2. The van der Waals surface area contributed by atoms with Gasteiger partial charge in [0.15, 0.2) is 12.6 Å². The molecular formula is C19H27IN4O2. The quantitative estimate of drug-likeness (QED) is 0.221. The number of halogens is 1. The highest BCUT2D eigenvalue weighted by Gasteiger charge is 2.24. The summed E-state index contributed by atoms with van der Waals surface area (Å²) in [7, 11) is 0. The van der Waals surface area contributed by atoms with Crippen LogP contribution in [-0.4, -0.2) is 44.1 Å². The van der Waals surface area contributed by atoms with Gasteiger partial charge in [-0.2, -0.15) is 0 Å². The van der Waals surface area contributed by atoms with Gasteiger partial charge in [0.05, 0.1) is 5.69 Å². The lowest BCUT2D eigenvalue weighted by molar-refractivity contribution is -0.121. The number of nitrogens with one attached hydrogen (secondary N) is 2. The summed E-state index contributed by atoms with van der Waals surface area (Å²) >= 11 is 0. The van der Waals surface area contributed by atoms with Crippen LogP contribution in [0.15, 0.2) is 41.4 Å². The number of hydrogen-bond acceptors (Lipinski definition) is 3. The molecule has 0 unspecified atom stereocenters. The van der Waals surface area contributed by atoms with Crippen molar-refractivity contribution in [2.45, 2.75) is 32.2 Å². The van der Waals surface area contributed by atoms with Crippen LogP contribution in [0.2, 0.25) is 0 Å². The Kier molecular flexibility index (Phi) is 8.21. The molecule has 0 saturated carbocycles. The summed E-state index contributed by atoms with van der Waals surface area (Å²) in [5, 5.41) is 6.74. The van der Waals surface area contributed by atoms with Crippen molar-refractivity contribution in [1.29, 1.82) is 0 Å². The van der Waals surface area contributed by atoms with Crippen LogP contribution in [0.4, 0.5) is 5.69 Å². The molecule has 0 atom stereocenters. The summed E-state index contributed by atoms with van der Waals surface area (Å²) in [6, 6.07) is 8.10. The molecule has 1 aromatic carbocycles. The Morgan fingerprint density at radius 3 is 2.85 bits per heavy atom. The van der Waals surface area contributed by atoms with Gasteiger partial charge in [-0.25, -0.2) is 0 Å². The fourth-order valence-electron chi connectivity index (χ4n) is 3.07. The van der Waals surface area contributed by atoms with Gasteiger partial charge in [-0.1, -0.05) is 24.3 Å². The minimum absolute atomic E-state index is 0. The van der Waals surface area contributed by atoms with Crippen LogP contribution < -0.4 is 20.3 Å². The van der Waals surface area contributed by atoms with Crippen LogP contribution in [-0.2, 0) is 4.79 Å². The molecule has 1 aromatic rings. The van der Waals surface area contributed by atoms with Crippen LogP contribution in [0.3, 0.4) is 0 Å². The van der Waals surface area contributed by atoms with Gasteiger partial charge in [0.25, 0.3) is 5.91 Å². The van der Waals surface area contributed by atoms with Gasteiger partial charge in [-0.15, -0.1) is 24.0 Å². The number of carbonyl (C=O) groups is 1. The molecule has 0 bridgehead atoms. The number of fused-ring (bicyclic) bond motifs is 1. The third-order valence-electron chi connectivity index (χ3n) is 4.31. The molecule has 2 aliphatic rings. The SMILES string of the molecule is CCNC(=NCCCN1C(=O)COc2ccccc21)NC1CC=CC1.I. The lowest BCUT2D eigenvalue weighted by Gasteiger charge is -2.29. The van der Waals surface area contributed by atoms with E-state index in [0.717, 1.165) is 43.2 Å². The van der Waals surface area contributed by atoms with Crippen LogP contribution in [0.1, 0.15) is 26.2 Å². The number of rotatable bonds is 6. The molecule has 6 nitrogen and oxygen atoms in total. The van der Waals surface area contributed by atoms with Gasteiger partial charge >= 0.3 is 0 Å². The largest absolute Gasteiger partial charge is 0.482 e. The molecular weight excluding hydrogens is 443 g/mol. The molecule has 0 radical (unpaired) electrons. The number of anilines is 1. The fraction of sp³-hybridized carbons (Fsp3) is 0.474. The molecule has 1 aliphatic heterocycles. The number of aliphatic imine (C=N–C) groups is 1. The van der Waals surface area contributed by atoms with E-state index in [1.54, 1.807) is 4.90 Å². The standard InChI is InChI=1S/C19H26N4O2.HI/c1-2-20-19(22-15-8-3-4-9-15)21-12-7-13-23-16-10-5-6-11-17(16)25-14-18(23)24;/h3-6,10-11,15H,2,7-9,12-14H2,1H3,(H2,20,21,22);1H. The molecule has 26 heavy (non-hydrogen) atoms. The number of ether oxygens (including phenoxy) is 1. The van der Waals surface area contributed by atoms with Gasteiger partial charge < -0.3 is 20.3 Å². The van der Waals surface area contributed by atoms with E-state index >= 15 is 0 Å². The van der Waals surface area contributed by atoms with E-state index in [4.69, 9.17) is 4.74 Å². The van der Waals surface area contributed by atoms with E-state index in [-0.39, 0.29) is 36.5 Å². The predicted octanol–water partition coefficient (Wildman–Crippen LogP) is 2.69. The van der Waals surface area contributed by atoms with E-state index in [0.29, 0.717) is 19.1 Å². The summed E-state index contributed by atoms with van der Waals surface area (Å²) in [6.07, 6.45) is 7.29. The Hall–Kier alpha value is -1.77. The Morgan fingerprint density at radius 1 is 1.31 bits per heavy atom. The second-order valence-corrected chi connectivity index (χ2v) is 6.20. The number of hydrogen-bond donors (Lipinski definition) is 2. The molecule has 7 heteroatoms. The van der Waals surface area contributed by atoms with Crippen molar-refractivity contribution in [2.75, 3.05) is 31.1 Å². The Balaban J connectivity index is 0.00000243. The highest BCUT2D eigenvalue weighted by atomic mass is 127. The maximum Gasteiger partial charge on any atom is 0.265 e. The van der Waals surface area contributed by atoms with Gasteiger partial charge in [0, 0.05) is 25.7 Å². The number of carbonyl (C=O) groups excluding carboxylic acids is 1. The van der Waals surface area contributed by atoms with E-state index < -0.39 is 0 Å². The number of nitrogens with zero attached hydrogens (tertiary/aromatic N) is 2. The molecule has 0 spiro atoms. The fourth-order valence-corrected chi connectivity index (χ4v) is 3.07. The van der Waals surface area contributed by atoms with Crippen molar-refractivity contribution in [3.05, 3.63) is 36.4 Å². The zero-order valence-electron chi connectivity index (χ0n) is 15.1. The summed E-state index contributed by atoms with van der Waals surface area (Å²) < 4.78 is 5.47. The van der Waals surface area contributed by atoms with Gasteiger partial charge in [-0.3, -0.25) is 9.79 Å². The molecule has 3 rings (SSSR count). The van der Waals surface area contributed by atoms with Crippen molar-refractivity contribution in [3.63, 3.8) is 0 Å². The van der Waals surface area contributed by atoms with Gasteiger partial charge in [0.1, 0.15) is 5.75 Å². The monoisotopic (exact) mass is 470 g/mol. The Morgan fingerprint density at radius 2 is 2.08 bits per heavy atom. The highest BCUT2D eigenvalue weighted by Crippen LogP contribution is 2.31. The molecule has 0 fully saturated rings. The molecule has 1 amide bonds. The number of guanidine groups is 1. The number of amides is 1. The maximum absolute atomic E-state index is 12.2. The van der Waals surface area contributed by atoms with Crippen molar-refractivity contribution < 1.29 is 9.53 Å². The molecule has 1 heterocycles. The third kappa shape index (κ3) is 5.36. The highest BCUT2D eigenvalue weighted by molar-refractivity contribution is 14.0. The van der Waals surface area contributed by atoms with Crippen molar-refractivity contribution >= 4 is 41.5 Å². The summed E-state index contributed by atoms with van der Waals surface area (Å²) in [5.41, 5.74) is 0.852. The lowest BCUT2D eigenvalue weighted by atomic mass is 10.2. The van der Waals surface area contributed by atoms with Crippen LogP contribution in [0.5, 0.6) is 5.75 Å². The maximum atomic E-state index is 12.2. The molecule has 1 aliphatic carbocycles. The van der Waals surface area contributed by atoms with E-state index in [2.05, 4.69) is 34.7 Å². The zero-order valence-corrected chi connectivity index (χ0v) is 17.4. The average molecular weight is 470 g/mol. The van der Waals surface area contributed by atoms with Gasteiger partial charge in [-0.05, 0) is 38.3 Å². The van der Waals surface area contributed by atoms with Crippen LogP contribution in [0.25, 0.3) is 0 Å². The van der Waals surface area contributed by atoms with Crippen LogP contribution in [0, 0.1) is 0 Å². The second kappa shape index (κ2) is 10.4. The van der Waals surface area contributed by atoms with Crippen molar-refractivity contribution in [3.8, 4) is 5.75 Å². The number of benzene rings is 1. The van der Waals surface area contributed by atoms with Crippen molar-refractivity contribution in [2.24, 2.45) is 4.99 Å². The first kappa shape index (κ1) is 20.5. The summed E-state index contributed by atoms with van der Waals surface area (Å²) in [6.45, 7) is 4.32. The topological polar surface area (TPSA) is 66.0 Å². The van der Waals surface area contributed by atoms with Gasteiger partial charge in [0.2, 0.25) is 0 Å².